The van der Waals surface area contributed by atoms with Crippen LogP contribution in [0.2, 0.25) is 0 Å². The van der Waals surface area contributed by atoms with E-state index in [1.807, 2.05) is 25.1 Å². The van der Waals surface area contributed by atoms with E-state index in [-0.39, 0.29) is 18.4 Å². The summed E-state index contributed by atoms with van der Waals surface area (Å²) in [4.78, 5) is 12.5. The zero-order valence-electron chi connectivity index (χ0n) is 17.8. The summed E-state index contributed by atoms with van der Waals surface area (Å²) in [5.41, 5.74) is 1.11. The molecule has 0 bridgehead atoms. The lowest BCUT2D eigenvalue weighted by molar-refractivity contribution is -0.126. The molecule has 1 aromatic carbocycles. The van der Waals surface area contributed by atoms with E-state index < -0.39 is 10.2 Å². The molecule has 8 nitrogen and oxygen atoms in total. The predicted octanol–water partition coefficient (Wildman–Crippen LogP) is 1.66. The number of carbonyl (C=O) groups excluding carboxylic acids is 1. The monoisotopic (exact) mass is 427 g/mol. The molecule has 1 heterocycles. The van der Waals surface area contributed by atoms with E-state index in [0.29, 0.717) is 38.3 Å². The van der Waals surface area contributed by atoms with E-state index >= 15 is 0 Å². The molecule has 1 N–H and O–H groups in total. The topological polar surface area (TPSA) is 88.2 Å². The lowest BCUT2D eigenvalue weighted by Crippen LogP contribution is -2.48. The standard InChI is InChI=1S/C20H33N3O5S/c1-5-28-18-11-10-16(14-19(18)27-4)8-6-12-21-20(24)17-9-7-13-23(15-17)29(25,26)22(2)3/h10-11,14,17H,5-9,12-13,15H2,1-4H3,(H,21,24)/t17-/m1/s1. The Hall–Kier alpha value is -1.84. The van der Waals surface area contributed by atoms with Crippen LogP contribution in [-0.4, -0.2) is 70.4 Å². The molecule has 164 valence electrons. The molecule has 0 aromatic heterocycles. The highest BCUT2D eigenvalue weighted by Crippen LogP contribution is 2.28. The maximum atomic E-state index is 12.5. The minimum absolute atomic E-state index is 0.0760. The van der Waals surface area contributed by atoms with Crippen LogP contribution >= 0.6 is 0 Å². The van der Waals surface area contributed by atoms with Gasteiger partial charge in [-0.15, -0.1) is 0 Å². The fraction of sp³-hybridized carbons (Fsp3) is 0.650. The average Bonchev–Trinajstić information content (AvgIpc) is 2.72. The molecule has 9 heteroatoms. The molecule has 2 rings (SSSR count). The first-order valence-electron chi connectivity index (χ1n) is 10.0. The van der Waals surface area contributed by atoms with Crippen LogP contribution in [0.1, 0.15) is 31.7 Å². The van der Waals surface area contributed by atoms with E-state index in [1.165, 1.54) is 22.7 Å². The third kappa shape index (κ3) is 6.32. The zero-order chi connectivity index (χ0) is 21.4. The molecule has 0 spiro atoms. The quantitative estimate of drug-likeness (QED) is 0.574. The first-order chi connectivity index (χ1) is 13.8. The molecule has 1 saturated heterocycles. The summed E-state index contributed by atoms with van der Waals surface area (Å²) in [5.74, 6) is 1.05. The van der Waals surface area contributed by atoms with Gasteiger partial charge in [-0.3, -0.25) is 4.79 Å². The highest BCUT2D eigenvalue weighted by atomic mass is 32.2. The van der Waals surface area contributed by atoms with Crippen molar-refractivity contribution in [3.05, 3.63) is 23.8 Å². The first kappa shape index (κ1) is 23.4. The van der Waals surface area contributed by atoms with Crippen molar-refractivity contribution in [1.82, 2.24) is 13.9 Å². The summed E-state index contributed by atoms with van der Waals surface area (Å²) in [5, 5.41) is 2.95. The van der Waals surface area contributed by atoms with Crippen molar-refractivity contribution in [3.63, 3.8) is 0 Å². The van der Waals surface area contributed by atoms with E-state index in [0.717, 1.165) is 24.2 Å². The van der Waals surface area contributed by atoms with E-state index in [4.69, 9.17) is 9.47 Å². The highest BCUT2D eigenvalue weighted by molar-refractivity contribution is 7.86. The summed E-state index contributed by atoms with van der Waals surface area (Å²) in [6, 6.07) is 5.86. The molecule has 1 atom stereocenters. The number of amides is 1. The number of methoxy groups -OCH3 is 1. The van der Waals surface area contributed by atoms with Crippen LogP contribution in [0.5, 0.6) is 11.5 Å². The summed E-state index contributed by atoms with van der Waals surface area (Å²) in [6.45, 7) is 3.76. The SMILES string of the molecule is CCOc1ccc(CCCNC(=O)[C@@H]2CCCN(S(=O)(=O)N(C)C)C2)cc1OC. The molecule has 0 aliphatic carbocycles. The number of nitrogens with one attached hydrogen (secondary N) is 1. The Morgan fingerprint density at radius 2 is 2.07 bits per heavy atom. The molecule has 1 aromatic rings. The van der Waals surface area contributed by atoms with Gasteiger partial charge in [-0.2, -0.15) is 17.0 Å². The molecule has 0 radical (unpaired) electrons. The highest BCUT2D eigenvalue weighted by Gasteiger charge is 2.33. The van der Waals surface area contributed by atoms with Crippen molar-refractivity contribution in [3.8, 4) is 11.5 Å². The number of benzene rings is 1. The van der Waals surface area contributed by atoms with Crippen LogP contribution in [0.3, 0.4) is 0 Å². The first-order valence-corrected chi connectivity index (χ1v) is 11.4. The van der Waals surface area contributed by atoms with Gasteiger partial charge in [-0.05, 0) is 50.3 Å². The van der Waals surface area contributed by atoms with Gasteiger partial charge in [0.05, 0.1) is 19.6 Å². The Kier molecular flexibility index (Phi) is 8.73. The average molecular weight is 428 g/mol. The molecule has 1 aliphatic rings. The Labute approximate surface area is 174 Å². The molecule has 1 fully saturated rings. The summed E-state index contributed by atoms with van der Waals surface area (Å²) in [6.07, 6.45) is 2.99. The Balaban J connectivity index is 1.81. The van der Waals surface area contributed by atoms with Gasteiger partial charge in [0.25, 0.3) is 10.2 Å². The number of piperidine rings is 1. The fourth-order valence-corrected chi connectivity index (χ4v) is 4.58. The van der Waals surface area contributed by atoms with Gasteiger partial charge in [0.2, 0.25) is 5.91 Å². The minimum atomic E-state index is -3.48. The van der Waals surface area contributed by atoms with Crippen LogP contribution in [0, 0.1) is 5.92 Å². The number of hydrogen-bond acceptors (Lipinski definition) is 5. The van der Waals surface area contributed by atoms with Crippen molar-refractivity contribution in [2.75, 3.05) is 47.4 Å². The van der Waals surface area contributed by atoms with Crippen LogP contribution in [0.25, 0.3) is 0 Å². The number of ether oxygens (including phenoxy) is 2. The van der Waals surface area contributed by atoms with Crippen LogP contribution in [-0.2, 0) is 21.4 Å². The number of hydrogen-bond donors (Lipinski definition) is 1. The Morgan fingerprint density at radius 1 is 1.31 bits per heavy atom. The number of aryl methyl sites for hydroxylation is 1. The minimum Gasteiger partial charge on any atom is -0.493 e. The molecule has 0 saturated carbocycles. The molecule has 0 unspecified atom stereocenters. The van der Waals surface area contributed by atoms with Crippen molar-refractivity contribution in [1.29, 1.82) is 0 Å². The molecule has 1 amide bonds. The van der Waals surface area contributed by atoms with E-state index in [9.17, 15) is 13.2 Å². The third-order valence-electron chi connectivity index (χ3n) is 5.01. The maximum Gasteiger partial charge on any atom is 0.281 e. The van der Waals surface area contributed by atoms with Gasteiger partial charge in [0.15, 0.2) is 11.5 Å². The van der Waals surface area contributed by atoms with E-state index in [1.54, 1.807) is 7.11 Å². The van der Waals surface area contributed by atoms with Gasteiger partial charge in [0.1, 0.15) is 0 Å². The smallest absolute Gasteiger partial charge is 0.281 e. The molecular formula is C20H33N3O5S. The van der Waals surface area contributed by atoms with Gasteiger partial charge in [-0.25, -0.2) is 0 Å². The van der Waals surface area contributed by atoms with Gasteiger partial charge < -0.3 is 14.8 Å². The number of carbonyl (C=O) groups is 1. The normalized spacial score (nSPS) is 17.9. The second kappa shape index (κ2) is 10.8. The number of nitrogens with zero attached hydrogens (tertiary/aromatic N) is 2. The molecular weight excluding hydrogens is 394 g/mol. The molecule has 29 heavy (non-hydrogen) atoms. The predicted molar refractivity (Wildman–Crippen MR) is 112 cm³/mol. The summed E-state index contributed by atoms with van der Waals surface area (Å²) in [7, 11) is 1.16. The molecule has 1 aliphatic heterocycles. The Bertz CT molecular complexity index is 782. The van der Waals surface area contributed by atoms with Crippen molar-refractivity contribution in [2.24, 2.45) is 5.92 Å². The second-order valence-electron chi connectivity index (χ2n) is 7.30. The lowest BCUT2D eigenvalue weighted by Gasteiger charge is -2.32. The van der Waals surface area contributed by atoms with Crippen LogP contribution in [0.4, 0.5) is 0 Å². The summed E-state index contributed by atoms with van der Waals surface area (Å²) < 4.78 is 38.1. The van der Waals surface area contributed by atoms with Gasteiger partial charge in [0, 0.05) is 33.7 Å². The summed E-state index contributed by atoms with van der Waals surface area (Å²) >= 11 is 0. The lowest BCUT2D eigenvalue weighted by atomic mass is 9.99. The van der Waals surface area contributed by atoms with Crippen molar-refractivity contribution in [2.45, 2.75) is 32.6 Å². The number of rotatable bonds is 10. The maximum absolute atomic E-state index is 12.5. The van der Waals surface area contributed by atoms with Crippen LogP contribution in [0.15, 0.2) is 18.2 Å². The van der Waals surface area contributed by atoms with Crippen molar-refractivity contribution < 1.29 is 22.7 Å². The zero-order valence-corrected chi connectivity index (χ0v) is 18.6. The fourth-order valence-electron chi connectivity index (χ4n) is 3.39. The van der Waals surface area contributed by atoms with Crippen molar-refractivity contribution >= 4 is 16.1 Å². The largest absolute Gasteiger partial charge is 0.493 e. The van der Waals surface area contributed by atoms with Gasteiger partial charge in [-0.1, -0.05) is 6.07 Å². The Morgan fingerprint density at radius 3 is 2.72 bits per heavy atom. The third-order valence-corrected chi connectivity index (χ3v) is 6.92. The van der Waals surface area contributed by atoms with E-state index in [2.05, 4.69) is 5.32 Å². The van der Waals surface area contributed by atoms with Crippen LogP contribution < -0.4 is 14.8 Å². The second-order valence-corrected chi connectivity index (χ2v) is 9.44. The van der Waals surface area contributed by atoms with Gasteiger partial charge >= 0.3 is 0 Å².